The topological polar surface area (TPSA) is 138 Å². The average molecular weight is 219 g/mol. The Morgan fingerprint density at radius 1 is 1.33 bits per heavy atom. The predicted octanol–water partition coefficient (Wildman–Crippen LogP) is -1.05. The molecule has 0 aromatic carbocycles. The van der Waals surface area contributed by atoms with Crippen LogP contribution in [0.3, 0.4) is 0 Å². The Labute approximate surface area is 85.8 Å². The molecule has 0 fully saturated rings. The highest BCUT2D eigenvalue weighted by Gasteiger charge is 2.16. The molecule has 86 valence electrons. The molecule has 0 radical (unpaired) electrons. The molecule has 0 unspecified atom stereocenters. The van der Waals surface area contributed by atoms with Gasteiger partial charge in [0.25, 0.3) is 0 Å². The van der Waals surface area contributed by atoms with Gasteiger partial charge in [-0.25, -0.2) is 4.79 Å². The van der Waals surface area contributed by atoms with Crippen molar-refractivity contribution in [3.8, 4) is 0 Å². The number of amides is 1. The van der Waals surface area contributed by atoms with E-state index in [1.165, 1.54) is 6.08 Å². The summed E-state index contributed by atoms with van der Waals surface area (Å²) >= 11 is 0. The number of hydrogen-bond acceptors (Lipinski definition) is 4. The van der Waals surface area contributed by atoms with Crippen LogP contribution in [-0.4, -0.2) is 39.3 Å². The zero-order valence-electron chi connectivity index (χ0n) is 8.08. The number of aliphatic hydroxyl groups excluding tert-OH is 1. The van der Waals surface area contributed by atoms with E-state index in [1.807, 2.05) is 0 Å². The lowest BCUT2D eigenvalue weighted by atomic mass is 10.3. The SMILES string of the molecule is CC=CC(N)=O.O=C(O)C[C@H](O)C(=O)O. The van der Waals surface area contributed by atoms with Crippen LogP contribution in [-0.2, 0) is 14.4 Å². The fraction of sp³-hybridized carbons (Fsp3) is 0.375. The summed E-state index contributed by atoms with van der Waals surface area (Å²) < 4.78 is 0. The van der Waals surface area contributed by atoms with Crippen molar-refractivity contribution in [3.63, 3.8) is 0 Å². The zero-order valence-corrected chi connectivity index (χ0v) is 8.08. The lowest BCUT2D eigenvalue weighted by molar-refractivity contribution is -0.152. The molecule has 0 bridgehead atoms. The average Bonchev–Trinajstić information content (AvgIpc) is 2.03. The van der Waals surface area contributed by atoms with E-state index in [-0.39, 0.29) is 0 Å². The number of carboxylic acid groups (broad SMARTS) is 2. The van der Waals surface area contributed by atoms with Gasteiger partial charge in [0.2, 0.25) is 5.91 Å². The summed E-state index contributed by atoms with van der Waals surface area (Å²) in [7, 11) is 0. The van der Waals surface area contributed by atoms with Crippen molar-refractivity contribution in [1.29, 1.82) is 0 Å². The van der Waals surface area contributed by atoms with Crippen LogP contribution >= 0.6 is 0 Å². The minimum atomic E-state index is -1.79. The lowest BCUT2D eigenvalue weighted by Crippen LogP contribution is -2.22. The van der Waals surface area contributed by atoms with Gasteiger partial charge in [0, 0.05) is 0 Å². The smallest absolute Gasteiger partial charge is 0.333 e. The number of carbonyl (C=O) groups is 3. The summed E-state index contributed by atoms with van der Waals surface area (Å²) in [4.78, 5) is 29.1. The predicted molar refractivity (Wildman–Crippen MR) is 49.9 cm³/mol. The van der Waals surface area contributed by atoms with E-state index >= 15 is 0 Å². The summed E-state index contributed by atoms with van der Waals surface area (Å²) in [6, 6.07) is 0. The minimum absolute atomic E-state index is 0.391. The largest absolute Gasteiger partial charge is 0.481 e. The van der Waals surface area contributed by atoms with E-state index in [4.69, 9.17) is 15.3 Å². The van der Waals surface area contributed by atoms with Gasteiger partial charge in [0.1, 0.15) is 0 Å². The number of rotatable bonds is 4. The highest BCUT2D eigenvalue weighted by atomic mass is 16.4. The molecule has 0 heterocycles. The van der Waals surface area contributed by atoms with Gasteiger partial charge >= 0.3 is 11.9 Å². The number of aliphatic hydroxyl groups is 1. The van der Waals surface area contributed by atoms with Crippen molar-refractivity contribution in [1.82, 2.24) is 0 Å². The fourth-order valence-corrected chi connectivity index (χ4v) is 0.417. The highest BCUT2D eigenvalue weighted by Crippen LogP contribution is 1.89. The molecule has 5 N–H and O–H groups in total. The second kappa shape index (κ2) is 8.70. The Hall–Kier alpha value is -1.89. The molecule has 0 aromatic heterocycles. The van der Waals surface area contributed by atoms with Gasteiger partial charge < -0.3 is 21.1 Å². The van der Waals surface area contributed by atoms with E-state index < -0.39 is 30.4 Å². The molecular weight excluding hydrogens is 206 g/mol. The molecule has 0 spiro atoms. The molecule has 1 atom stereocenters. The fourth-order valence-electron chi connectivity index (χ4n) is 0.417. The van der Waals surface area contributed by atoms with Crippen LogP contribution in [0.25, 0.3) is 0 Å². The summed E-state index contributed by atoms with van der Waals surface area (Å²) in [6.07, 6.45) is 0.361. The molecule has 0 saturated carbocycles. The lowest BCUT2D eigenvalue weighted by Gasteiger charge is -1.97. The maximum absolute atomic E-state index is 9.73. The Morgan fingerprint density at radius 2 is 1.80 bits per heavy atom. The quantitative estimate of drug-likeness (QED) is 0.445. The van der Waals surface area contributed by atoms with E-state index in [0.717, 1.165) is 0 Å². The first-order chi connectivity index (χ1) is 6.81. The Bertz CT molecular complexity index is 260. The number of allylic oxidation sites excluding steroid dienone is 1. The number of aliphatic carboxylic acids is 2. The molecule has 0 rings (SSSR count). The number of carbonyl (C=O) groups excluding carboxylic acids is 1. The van der Waals surface area contributed by atoms with Crippen LogP contribution in [0.15, 0.2) is 12.2 Å². The van der Waals surface area contributed by atoms with E-state index in [9.17, 15) is 14.4 Å². The van der Waals surface area contributed by atoms with Crippen molar-refractivity contribution < 1.29 is 29.7 Å². The number of nitrogens with two attached hydrogens (primary N) is 1. The number of carboxylic acids is 2. The summed E-state index contributed by atoms with van der Waals surface area (Å²) in [5.41, 5.74) is 4.68. The molecule has 0 aliphatic heterocycles. The van der Waals surface area contributed by atoms with Gasteiger partial charge in [-0.3, -0.25) is 9.59 Å². The highest BCUT2D eigenvalue weighted by molar-refractivity contribution is 5.85. The summed E-state index contributed by atoms with van der Waals surface area (Å²) in [6.45, 7) is 1.74. The van der Waals surface area contributed by atoms with Gasteiger partial charge in [0.15, 0.2) is 6.10 Å². The normalized spacial score (nSPS) is 11.3. The van der Waals surface area contributed by atoms with Crippen molar-refractivity contribution in [2.75, 3.05) is 0 Å². The Kier molecular flexibility index (Phi) is 9.03. The Morgan fingerprint density at radius 3 is 1.87 bits per heavy atom. The first kappa shape index (κ1) is 15.6. The molecule has 0 aliphatic rings. The molecule has 7 heteroatoms. The first-order valence-electron chi connectivity index (χ1n) is 3.86. The standard InChI is InChI=1S/C4H7NO.C4H6O5/c1-2-3-4(5)6;5-2(4(8)9)1-3(6)7/h2-3H,1H3,(H2,5,6);2,5H,1H2,(H,6,7)(H,8,9)/t;2-/m.0/s1. The molecule has 7 nitrogen and oxygen atoms in total. The van der Waals surface area contributed by atoms with Crippen LogP contribution < -0.4 is 5.73 Å². The van der Waals surface area contributed by atoms with Crippen molar-refractivity contribution in [3.05, 3.63) is 12.2 Å². The van der Waals surface area contributed by atoms with Crippen molar-refractivity contribution >= 4 is 17.8 Å². The van der Waals surface area contributed by atoms with Crippen molar-refractivity contribution in [2.45, 2.75) is 19.4 Å². The number of hydrogen-bond donors (Lipinski definition) is 4. The molecule has 1 amide bonds. The van der Waals surface area contributed by atoms with Crippen LogP contribution in [0.1, 0.15) is 13.3 Å². The van der Waals surface area contributed by atoms with E-state index in [1.54, 1.807) is 13.0 Å². The first-order valence-corrected chi connectivity index (χ1v) is 3.86. The monoisotopic (exact) mass is 219 g/mol. The third-order valence-electron chi connectivity index (χ3n) is 0.984. The van der Waals surface area contributed by atoms with Gasteiger partial charge in [0.05, 0.1) is 6.42 Å². The third-order valence-corrected chi connectivity index (χ3v) is 0.984. The van der Waals surface area contributed by atoms with Crippen molar-refractivity contribution in [2.24, 2.45) is 5.73 Å². The van der Waals surface area contributed by atoms with Crippen LogP contribution in [0, 0.1) is 0 Å². The molecule has 0 aliphatic carbocycles. The second-order valence-corrected chi connectivity index (χ2v) is 2.35. The molecular formula is C8H13NO6. The van der Waals surface area contributed by atoms with Crippen LogP contribution in [0.4, 0.5) is 0 Å². The maximum atomic E-state index is 9.73. The zero-order chi connectivity index (χ0) is 12.4. The Balaban J connectivity index is 0. The minimum Gasteiger partial charge on any atom is -0.481 e. The van der Waals surface area contributed by atoms with E-state index in [0.29, 0.717) is 0 Å². The number of primary amides is 1. The molecule has 0 saturated heterocycles. The summed E-state index contributed by atoms with van der Waals surface area (Å²) in [5, 5.41) is 24.1. The van der Waals surface area contributed by atoms with Gasteiger partial charge in [-0.1, -0.05) is 6.08 Å². The van der Waals surface area contributed by atoms with Gasteiger partial charge in [-0.05, 0) is 13.0 Å². The van der Waals surface area contributed by atoms with Crippen LogP contribution in [0.2, 0.25) is 0 Å². The maximum Gasteiger partial charge on any atom is 0.333 e. The van der Waals surface area contributed by atoms with Gasteiger partial charge in [-0.2, -0.15) is 0 Å². The summed E-state index contributed by atoms with van der Waals surface area (Å²) in [5.74, 6) is -3.24. The third kappa shape index (κ3) is 14.9. The van der Waals surface area contributed by atoms with Gasteiger partial charge in [-0.15, -0.1) is 0 Å². The molecule has 15 heavy (non-hydrogen) atoms. The van der Waals surface area contributed by atoms with E-state index in [2.05, 4.69) is 5.73 Å². The molecule has 0 aromatic rings. The second-order valence-electron chi connectivity index (χ2n) is 2.35. The van der Waals surface area contributed by atoms with Crippen LogP contribution in [0.5, 0.6) is 0 Å².